The minimum atomic E-state index is -2.22. The summed E-state index contributed by atoms with van der Waals surface area (Å²) in [6.45, 7) is -2.32. The molecule has 0 saturated carbocycles. The molecule has 0 bridgehead atoms. The fourth-order valence-electron chi connectivity index (χ4n) is 2.63. The smallest absolute Gasteiger partial charge is 0.224 e. The lowest BCUT2D eigenvalue weighted by atomic mass is 9.99. The molecule has 9 atom stereocenters. The van der Waals surface area contributed by atoms with Crippen molar-refractivity contribution in [3.8, 4) is 0 Å². The van der Waals surface area contributed by atoms with Crippen LogP contribution in [0.1, 0.15) is 0 Å². The van der Waals surface area contributed by atoms with Crippen LogP contribution in [0, 0.1) is 0 Å². The molecule has 0 aliphatic carbocycles. The number of aliphatic hydroxyl groups excluding tert-OH is 8. The Morgan fingerprint density at radius 2 is 1.39 bits per heavy atom. The molecular formula is C12H22O11. The van der Waals surface area contributed by atoms with Gasteiger partial charge in [-0.2, -0.15) is 0 Å². The third-order valence-electron chi connectivity index (χ3n) is 4.07. The molecule has 2 heterocycles. The second kappa shape index (κ2) is 7.21. The SMILES string of the molecule is OCC1OC(OC2(CO)OC(CO)C(O)[C@@H]2O)C(O)C(O)C1O. The van der Waals surface area contributed by atoms with E-state index < -0.39 is 74.6 Å². The van der Waals surface area contributed by atoms with E-state index in [0.29, 0.717) is 0 Å². The highest BCUT2D eigenvalue weighted by molar-refractivity contribution is 4.98. The Bertz CT molecular complexity index is 393. The minimum Gasteiger partial charge on any atom is -0.394 e. The molecule has 0 aromatic heterocycles. The van der Waals surface area contributed by atoms with Crippen molar-refractivity contribution in [2.75, 3.05) is 19.8 Å². The van der Waals surface area contributed by atoms with Gasteiger partial charge in [0.05, 0.1) is 13.2 Å². The van der Waals surface area contributed by atoms with Gasteiger partial charge >= 0.3 is 0 Å². The molecule has 11 nitrogen and oxygen atoms in total. The van der Waals surface area contributed by atoms with Crippen LogP contribution >= 0.6 is 0 Å². The van der Waals surface area contributed by atoms with E-state index in [2.05, 4.69) is 0 Å². The molecule has 0 spiro atoms. The molecule has 2 rings (SSSR count). The first-order valence-electron chi connectivity index (χ1n) is 7.05. The Kier molecular flexibility index (Phi) is 5.92. The molecule has 2 aliphatic heterocycles. The molecule has 8 N–H and O–H groups in total. The number of hydrogen-bond donors (Lipinski definition) is 8. The summed E-state index contributed by atoms with van der Waals surface area (Å²) in [7, 11) is 0. The number of aliphatic hydroxyl groups is 8. The number of hydrogen-bond acceptors (Lipinski definition) is 11. The van der Waals surface area contributed by atoms with Crippen LogP contribution in [0.15, 0.2) is 0 Å². The van der Waals surface area contributed by atoms with E-state index >= 15 is 0 Å². The summed E-state index contributed by atoms with van der Waals surface area (Å²) in [5.74, 6) is -2.22. The third-order valence-corrected chi connectivity index (χ3v) is 4.07. The van der Waals surface area contributed by atoms with E-state index in [1.165, 1.54) is 0 Å². The van der Waals surface area contributed by atoms with Gasteiger partial charge < -0.3 is 55.1 Å². The molecule has 8 unspecified atom stereocenters. The van der Waals surface area contributed by atoms with Crippen LogP contribution in [0.5, 0.6) is 0 Å². The number of rotatable bonds is 5. The molecule has 2 aliphatic rings. The quantitative estimate of drug-likeness (QED) is 0.238. The summed E-state index contributed by atoms with van der Waals surface area (Å²) in [6.07, 6.45) is -12.7. The molecular weight excluding hydrogens is 320 g/mol. The van der Waals surface area contributed by atoms with E-state index in [1.54, 1.807) is 0 Å². The average Bonchev–Trinajstić information content (AvgIpc) is 2.80. The fourth-order valence-corrected chi connectivity index (χ4v) is 2.63. The van der Waals surface area contributed by atoms with Crippen LogP contribution in [-0.4, -0.2) is 115 Å². The van der Waals surface area contributed by atoms with Crippen LogP contribution in [0.25, 0.3) is 0 Å². The van der Waals surface area contributed by atoms with Gasteiger partial charge in [0.25, 0.3) is 0 Å². The van der Waals surface area contributed by atoms with Crippen molar-refractivity contribution in [2.24, 2.45) is 0 Å². The predicted molar refractivity (Wildman–Crippen MR) is 68.6 cm³/mol. The van der Waals surface area contributed by atoms with E-state index in [1.807, 2.05) is 0 Å². The highest BCUT2D eigenvalue weighted by Gasteiger charge is 2.58. The Morgan fingerprint density at radius 1 is 0.783 bits per heavy atom. The van der Waals surface area contributed by atoms with Crippen molar-refractivity contribution < 1.29 is 55.1 Å². The van der Waals surface area contributed by atoms with Gasteiger partial charge in [0.2, 0.25) is 5.79 Å². The molecule has 0 aromatic rings. The first kappa shape index (κ1) is 18.9. The predicted octanol–water partition coefficient (Wildman–Crippen LogP) is -5.40. The van der Waals surface area contributed by atoms with Crippen molar-refractivity contribution in [1.29, 1.82) is 0 Å². The monoisotopic (exact) mass is 342 g/mol. The van der Waals surface area contributed by atoms with Gasteiger partial charge in [-0.1, -0.05) is 0 Å². The fraction of sp³-hybridized carbons (Fsp3) is 1.00. The molecule has 11 heteroatoms. The lowest BCUT2D eigenvalue weighted by Gasteiger charge is -2.43. The highest BCUT2D eigenvalue weighted by atomic mass is 16.8. The average molecular weight is 342 g/mol. The topological polar surface area (TPSA) is 190 Å². The first-order chi connectivity index (χ1) is 10.8. The van der Waals surface area contributed by atoms with E-state index in [9.17, 15) is 30.6 Å². The van der Waals surface area contributed by atoms with Crippen molar-refractivity contribution in [3.63, 3.8) is 0 Å². The standard InChI is InChI=1S/C12H22O11/c13-1-4-6(16)8(18)9(19)11(21-4)23-12(3-15)10(20)7(17)5(2-14)22-12/h4-11,13-20H,1-3H2/t4?,5?,6?,7?,8?,9?,10-,11?,12?/m0/s1. The van der Waals surface area contributed by atoms with E-state index in [4.69, 9.17) is 24.4 Å². The zero-order valence-electron chi connectivity index (χ0n) is 12.0. The van der Waals surface area contributed by atoms with Crippen molar-refractivity contribution in [2.45, 2.75) is 54.8 Å². The van der Waals surface area contributed by atoms with Gasteiger partial charge in [0.15, 0.2) is 6.29 Å². The summed E-state index contributed by atoms with van der Waals surface area (Å²) in [6, 6.07) is 0. The molecule has 0 amide bonds. The van der Waals surface area contributed by atoms with Gasteiger partial charge in [-0.05, 0) is 0 Å². The Balaban J connectivity index is 2.18. The zero-order valence-corrected chi connectivity index (χ0v) is 12.0. The van der Waals surface area contributed by atoms with Crippen molar-refractivity contribution >= 4 is 0 Å². The maximum absolute atomic E-state index is 10.00. The van der Waals surface area contributed by atoms with Crippen LogP contribution < -0.4 is 0 Å². The lowest BCUT2D eigenvalue weighted by molar-refractivity contribution is -0.383. The Hall–Kier alpha value is -0.440. The van der Waals surface area contributed by atoms with E-state index in [0.717, 1.165) is 0 Å². The molecule has 2 fully saturated rings. The molecule has 0 radical (unpaired) electrons. The lowest BCUT2D eigenvalue weighted by Crippen LogP contribution is -2.62. The van der Waals surface area contributed by atoms with Crippen molar-refractivity contribution in [1.82, 2.24) is 0 Å². The van der Waals surface area contributed by atoms with Crippen LogP contribution in [-0.2, 0) is 14.2 Å². The van der Waals surface area contributed by atoms with Crippen LogP contribution in [0.2, 0.25) is 0 Å². The third kappa shape index (κ3) is 3.23. The Morgan fingerprint density at radius 3 is 1.87 bits per heavy atom. The highest BCUT2D eigenvalue weighted by Crippen LogP contribution is 2.35. The van der Waals surface area contributed by atoms with Crippen LogP contribution in [0.4, 0.5) is 0 Å². The number of ether oxygens (including phenoxy) is 3. The second-order valence-electron chi connectivity index (χ2n) is 5.56. The zero-order chi connectivity index (χ0) is 17.4. The minimum absolute atomic E-state index is 0.669. The van der Waals surface area contributed by atoms with E-state index in [-0.39, 0.29) is 0 Å². The first-order valence-corrected chi connectivity index (χ1v) is 7.05. The molecule has 136 valence electrons. The summed E-state index contributed by atoms with van der Waals surface area (Å²) in [5, 5.41) is 76.7. The second-order valence-corrected chi connectivity index (χ2v) is 5.56. The summed E-state index contributed by atoms with van der Waals surface area (Å²) < 4.78 is 15.4. The summed E-state index contributed by atoms with van der Waals surface area (Å²) in [4.78, 5) is 0. The summed E-state index contributed by atoms with van der Waals surface area (Å²) in [5.41, 5.74) is 0. The molecule has 0 aromatic carbocycles. The van der Waals surface area contributed by atoms with Gasteiger partial charge in [-0.25, -0.2) is 0 Å². The maximum atomic E-state index is 10.00. The molecule has 2 saturated heterocycles. The van der Waals surface area contributed by atoms with Gasteiger partial charge in [-0.15, -0.1) is 0 Å². The van der Waals surface area contributed by atoms with Crippen molar-refractivity contribution in [3.05, 3.63) is 0 Å². The van der Waals surface area contributed by atoms with Gasteiger partial charge in [-0.3, -0.25) is 0 Å². The Labute approximate surface area is 130 Å². The normalized spacial score (nSPS) is 51.1. The molecule has 23 heavy (non-hydrogen) atoms. The van der Waals surface area contributed by atoms with Gasteiger partial charge in [0.1, 0.15) is 49.3 Å². The largest absolute Gasteiger partial charge is 0.394 e. The summed E-state index contributed by atoms with van der Waals surface area (Å²) >= 11 is 0. The maximum Gasteiger partial charge on any atom is 0.224 e. The van der Waals surface area contributed by atoms with Gasteiger partial charge in [0, 0.05) is 0 Å². The van der Waals surface area contributed by atoms with Crippen LogP contribution in [0.3, 0.4) is 0 Å².